The fraction of sp³-hybridized carbons (Fsp3) is 0.286. The number of fused-ring (bicyclic) bond motifs is 1. The third kappa shape index (κ3) is 2.32. The van der Waals surface area contributed by atoms with Crippen LogP contribution in [0.15, 0.2) is 30.6 Å². The van der Waals surface area contributed by atoms with E-state index >= 15 is 0 Å². The first-order chi connectivity index (χ1) is 9.75. The molecule has 0 saturated heterocycles. The Kier molecular flexibility index (Phi) is 3.28. The van der Waals surface area contributed by atoms with Crippen LogP contribution in [0.25, 0.3) is 0 Å². The van der Waals surface area contributed by atoms with Crippen molar-refractivity contribution in [2.75, 3.05) is 13.2 Å². The molecule has 6 nitrogen and oxygen atoms in total. The largest absolute Gasteiger partial charge is 0.486 e. The number of hydrogen-bond donors (Lipinski definition) is 2. The lowest BCUT2D eigenvalue weighted by molar-refractivity contribution is 0.0927. The van der Waals surface area contributed by atoms with Gasteiger partial charge in [-0.3, -0.25) is 4.79 Å². The van der Waals surface area contributed by atoms with Crippen molar-refractivity contribution < 1.29 is 14.3 Å². The van der Waals surface area contributed by atoms with Gasteiger partial charge in [0.15, 0.2) is 11.5 Å². The second kappa shape index (κ2) is 5.24. The van der Waals surface area contributed by atoms with E-state index in [4.69, 9.17) is 9.47 Å². The van der Waals surface area contributed by atoms with Crippen molar-refractivity contribution in [3.8, 4) is 11.5 Å². The Hall–Kier alpha value is -2.50. The molecule has 0 radical (unpaired) electrons. The Morgan fingerprint density at radius 3 is 3.05 bits per heavy atom. The third-order valence-corrected chi connectivity index (χ3v) is 3.09. The maximum atomic E-state index is 12.3. The Bertz CT molecular complexity index is 610. The van der Waals surface area contributed by atoms with Gasteiger partial charge in [-0.2, -0.15) is 0 Å². The van der Waals surface area contributed by atoms with Crippen LogP contribution in [0.1, 0.15) is 29.1 Å². The zero-order valence-corrected chi connectivity index (χ0v) is 11.1. The predicted octanol–water partition coefficient (Wildman–Crippen LogP) is 1.67. The highest BCUT2D eigenvalue weighted by molar-refractivity contribution is 5.98. The van der Waals surface area contributed by atoms with Crippen molar-refractivity contribution in [3.05, 3.63) is 42.0 Å². The van der Waals surface area contributed by atoms with Gasteiger partial charge in [-0.05, 0) is 19.1 Å². The van der Waals surface area contributed by atoms with E-state index in [-0.39, 0.29) is 11.9 Å². The number of carbonyl (C=O) groups excluding carboxylic acids is 1. The predicted molar refractivity (Wildman–Crippen MR) is 71.9 cm³/mol. The number of rotatable bonds is 3. The van der Waals surface area contributed by atoms with Crippen LogP contribution in [0.4, 0.5) is 0 Å². The van der Waals surface area contributed by atoms with E-state index in [0.29, 0.717) is 36.1 Å². The fourth-order valence-corrected chi connectivity index (χ4v) is 2.11. The second-order valence-corrected chi connectivity index (χ2v) is 4.50. The monoisotopic (exact) mass is 273 g/mol. The summed E-state index contributed by atoms with van der Waals surface area (Å²) in [6, 6.07) is 5.08. The minimum absolute atomic E-state index is 0.210. The van der Waals surface area contributed by atoms with Gasteiger partial charge in [0.2, 0.25) is 0 Å². The molecule has 1 aromatic carbocycles. The minimum atomic E-state index is -0.212. The maximum absolute atomic E-state index is 12.3. The number of ether oxygens (including phenoxy) is 2. The van der Waals surface area contributed by atoms with E-state index in [1.54, 1.807) is 30.6 Å². The average Bonchev–Trinajstić information content (AvgIpc) is 3.01. The summed E-state index contributed by atoms with van der Waals surface area (Å²) >= 11 is 0. The number of hydrogen-bond acceptors (Lipinski definition) is 4. The lowest BCUT2D eigenvalue weighted by atomic mass is 10.1. The zero-order valence-electron chi connectivity index (χ0n) is 11.1. The molecule has 2 heterocycles. The molecule has 2 N–H and O–H groups in total. The highest BCUT2D eigenvalue weighted by Gasteiger charge is 2.22. The van der Waals surface area contributed by atoms with E-state index in [1.807, 2.05) is 6.92 Å². The highest BCUT2D eigenvalue weighted by Crippen LogP contribution is 2.33. The molecular weight excluding hydrogens is 258 g/mol. The molecule has 1 unspecified atom stereocenters. The fourth-order valence-electron chi connectivity index (χ4n) is 2.11. The summed E-state index contributed by atoms with van der Waals surface area (Å²) in [6.45, 7) is 2.81. The van der Waals surface area contributed by atoms with E-state index in [0.717, 1.165) is 0 Å². The number of para-hydroxylation sites is 1. The van der Waals surface area contributed by atoms with Gasteiger partial charge in [-0.1, -0.05) is 6.07 Å². The molecule has 1 aromatic heterocycles. The third-order valence-electron chi connectivity index (χ3n) is 3.09. The first kappa shape index (κ1) is 12.5. The Balaban J connectivity index is 1.81. The Labute approximate surface area is 116 Å². The van der Waals surface area contributed by atoms with Crippen molar-refractivity contribution in [2.45, 2.75) is 13.0 Å². The quantitative estimate of drug-likeness (QED) is 0.892. The molecule has 3 rings (SSSR count). The molecular formula is C14H15N3O3. The second-order valence-electron chi connectivity index (χ2n) is 4.50. The number of H-pyrrole nitrogens is 1. The molecule has 0 spiro atoms. The van der Waals surface area contributed by atoms with Crippen LogP contribution in [0.5, 0.6) is 11.5 Å². The summed E-state index contributed by atoms with van der Waals surface area (Å²) in [4.78, 5) is 19.4. The lowest BCUT2D eigenvalue weighted by Gasteiger charge is -2.21. The van der Waals surface area contributed by atoms with Crippen LogP contribution in [-0.4, -0.2) is 29.1 Å². The molecule has 1 atom stereocenters. The van der Waals surface area contributed by atoms with Crippen molar-refractivity contribution in [1.29, 1.82) is 0 Å². The zero-order chi connectivity index (χ0) is 13.9. The summed E-state index contributed by atoms with van der Waals surface area (Å²) in [6.07, 6.45) is 3.37. The van der Waals surface area contributed by atoms with Crippen LogP contribution in [-0.2, 0) is 0 Å². The van der Waals surface area contributed by atoms with Crippen molar-refractivity contribution in [3.63, 3.8) is 0 Å². The molecule has 0 saturated carbocycles. The average molecular weight is 273 g/mol. The number of nitrogens with one attached hydrogen (secondary N) is 2. The highest BCUT2D eigenvalue weighted by atomic mass is 16.6. The molecule has 2 aromatic rings. The standard InChI is InChI=1S/C14H15N3O3/c1-9(13-15-5-6-16-13)17-14(18)10-3-2-4-11-12(10)20-8-7-19-11/h2-6,9H,7-8H2,1H3,(H,15,16)(H,17,18). The first-order valence-electron chi connectivity index (χ1n) is 6.44. The van der Waals surface area contributed by atoms with Crippen LogP contribution >= 0.6 is 0 Å². The number of amides is 1. The number of imidazole rings is 1. The van der Waals surface area contributed by atoms with E-state index in [2.05, 4.69) is 15.3 Å². The molecule has 20 heavy (non-hydrogen) atoms. The summed E-state index contributed by atoms with van der Waals surface area (Å²) in [5.74, 6) is 1.61. The van der Waals surface area contributed by atoms with Crippen molar-refractivity contribution in [1.82, 2.24) is 15.3 Å². The molecule has 0 fully saturated rings. The minimum Gasteiger partial charge on any atom is -0.486 e. The van der Waals surface area contributed by atoms with Gasteiger partial charge in [0.1, 0.15) is 19.0 Å². The SMILES string of the molecule is CC(NC(=O)c1cccc2c1OCCO2)c1ncc[nH]1. The van der Waals surface area contributed by atoms with Gasteiger partial charge in [-0.25, -0.2) is 4.98 Å². The molecule has 6 heteroatoms. The topological polar surface area (TPSA) is 76.2 Å². The van der Waals surface area contributed by atoms with Gasteiger partial charge in [0.05, 0.1) is 11.6 Å². The van der Waals surface area contributed by atoms with E-state index in [9.17, 15) is 4.79 Å². The molecule has 1 amide bonds. The van der Waals surface area contributed by atoms with Crippen LogP contribution < -0.4 is 14.8 Å². The normalized spacial score (nSPS) is 14.7. The molecule has 1 aliphatic heterocycles. The van der Waals surface area contributed by atoms with Crippen molar-refractivity contribution >= 4 is 5.91 Å². The summed E-state index contributed by atoms with van der Waals surface area (Å²) < 4.78 is 11.0. The number of carbonyl (C=O) groups is 1. The van der Waals surface area contributed by atoms with Gasteiger partial charge >= 0.3 is 0 Å². The molecule has 0 aliphatic carbocycles. The summed E-state index contributed by atoms with van der Waals surface area (Å²) in [5.41, 5.74) is 0.473. The molecule has 1 aliphatic rings. The number of nitrogens with zero attached hydrogens (tertiary/aromatic N) is 1. The molecule has 104 valence electrons. The lowest BCUT2D eigenvalue weighted by Crippen LogP contribution is -2.28. The van der Waals surface area contributed by atoms with Gasteiger partial charge in [0.25, 0.3) is 5.91 Å². The van der Waals surface area contributed by atoms with Gasteiger partial charge in [-0.15, -0.1) is 0 Å². The van der Waals surface area contributed by atoms with E-state index in [1.165, 1.54) is 0 Å². The number of aromatic amines is 1. The van der Waals surface area contributed by atoms with Gasteiger partial charge < -0.3 is 19.8 Å². The summed E-state index contributed by atoms with van der Waals surface area (Å²) in [7, 11) is 0. The maximum Gasteiger partial charge on any atom is 0.255 e. The van der Waals surface area contributed by atoms with Crippen LogP contribution in [0, 0.1) is 0 Å². The Morgan fingerprint density at radius 2 is 2.25 bits per heavy atom. The van der Waals surface area contributed by atoms with Crippen LogP contribution in [0.3, 0.4) is 0 Å². The van der Waals surface area contributed by atoms with Crippen LogP contribution in [0.2, 0.25) is 0 Å². The van der Waals surface area contributed by atoms with Crippen molar-refractivity contribution in [2.24, 2.45) is 0 Å². The summed E-state index contributed by atoms with van der Waals surface area (Å²) in [5, 5.41) is 2.88. The molecule has 0 bridgehead atoms. The van der Waals surface area contributed by atoms with Gasteiger partial charge in [0, 0.05) is 12.4 Å². The Morgan fingerprint density at radius 1 is 1.40 bits per heavy atom. The smallest absolute Gasteiger partial charge is 0.255 e. The number of benzene rings is 1. The number of aromatic nitrogens is 2. The van der Waals surface area contributed by atoms with E-state index < -0.39 is 0 Å². The first-order valence-corrected chi connectivity index (χ1v) is 6.44.